The maximum atomic E-state index is 13.7. The Kier molecular flexibility index (Phi) is 5.55. The predicted octanol–water partition coefficient (Wildman–Crippen LogP) is 2.99. The zero-order valence-electron chi connectivity index (χ0n) is 19.8. The number of amides is 2. The zero-order valence-corrected chi connectivity index (χ0v) is 21.4. The number of hydrogen-bond donors (Lipinski definition) is 1. The largest absolute Gasteiger partial charge is 0.492 e. The Morgan fingerprint density at radius 2 is 2.03 bits per heavy atom. The highest BCUT2D eigenvalue weighted by atomic mass is 79.9. The van der Waals surface area contributed by atoms with Crippen molar-refractivity contribution >= 4 is 39.5 Å². The summed E-state index contributed by atoms with van der Waals surface area (Å²) < 4.78 is 8.19. The third kappa shape index (κ3) is 3.67. The van der Waals surface area contributed by atoms with E-state index in [2.05, 4.69) is 33.0 Å². The molecule has 184 valence electrons. The quantitative estimate of drug-likeness (QED) is 0.509. The van der Waals surface area contributed by atoms with Gasteiger partial charge in [0.15, 0.2) is 11.5 Å². The average molecular weight is 549 g/mol. The summed E-state index contributed by atoms with van der Waals surface area (Å²) >= 11 is 3.59. The first kappa shape index (κ1) is 22.8. The maximum Gasteiger partial charge on any atom is 0.284 e. The van der Waals surface area contributed by atoms with E-state index in [-0.39, 0.29) is 24.3 Å². The maximum absolute atomic E-state index is 13.7. The standard InChI is InChI=1S/C26H25BrN6O3/c1-2-31-25(35)20-23(33-14-18(29-26(31)33)11-15-6-4-3-5-7-15)30-24(22(28)34)32(20)13-16-10-17-8-9-36-21(17)19(27)12-16/h3-7,10,12,18H,2,8-9,11,13-14H2,1H3,(H2,28,34)/t18-/m1/s1. The van der Waals surface area contributed by atoms with Crippen LogP contribution < -0.4 is 15.4 Å². The molecule has 6 rings (SSSR count). The third-order valence-electron chi connectivity index (χ3n) is 6.82. The van der Waals surface area contributed by atoms with Gasteiger partial charge in [-0.15, -0.1) is 0 Å². The summed E-state index contributed by atoms with van der Waals surface area (Å²) in [5.74, 6) is 1.02. The Labute approximate surface area is 216 Å². The van der Waals surface area contributed by atoms with Crippen molar-refractivity contribution in [2.45, 2.75) is 32.4 Å². The number of carbonyl (C=O) groups excluding carboxylic acids is 2. The average Bonchev–Trinajstić information content (AvgIpc) is 3.58. The van der Waals surface area contributed by atoms with Crippen LogP contribution in [0.15, 0.2) is 51.9 Å². The van der Waals surface area contributed by atoms with Crippen LogP contribution >= 0.6 is 15.9 Å². The minimum atomic E-state index is -0.678. The topological polar surface area (TPSA) is 106 Å². The fourth-order valence-corrected chi connectivity index (χ4v) is 5.90. The van der Waals surface area contributed by atoms with Gasteiger partial charge >= 0.3 is 0 Å². The summed E-state index contributed by atoms with van der Waals surface area (Å²) in [6, 6.07) is 14.1. The number of fused-ring (bicyclic) bond motifs is 4. The van der Waals surface area contributed by atoms with Gasteiger partial charge < -0.3 is 15.0 Å². The number of nitrogens with two attached hydrogens (primary N) is 1. The number of nitrogens with zero attached hydrogens (tertiary/aromatic N) is 5. The lowest BCUT2D eigenvalue weighted by Crippen LogP contribution is -2.50. The monoisotopic (exact) mass is 548 g/mol. The highest BCUT2D eigenvalue weighted by Gasteiger charge is 2.44. The van der Waals surface area contributed by atoms with Crippen molar-refractivity contribution in [3.8, 4) is 5.75 Å². The molecule has 2 aromatic carbocycles. The lowest BCUT2D eigenvalue weighted by Gasteiger charge is -2.33. The number of benzene rings is 2. The van der Waals surface area contributed by atoms with Gasteiger partial charge in [0, 0.05) is 13.0 Å². The van der Waals surface area contributed by atoms with Crippen molar-refractivity contribution in [3.05, 3.63) is 75.1 Å². The number of carbonyl (C=O) groups is 2. The van der Waals surface area contributed by atoms with Gasteiger partial charge in [0.05, 0.1) is 30.2 Å². The van der Waals surface area contributed by atoms with E-state index >= 15 is 0 Å². The molecule has 0 spiro atoms. The third-order valence-corrected chi connectivity index (χ3v) is 7.41. The van der Waals surface area contributed by atoms with Crippen LogP contribution in [0.4, 0.5) is 5.82 Å². The van der Waals surface area contributed by atoms with Crippen molar-refractivity contribution in [2.24, 2.45) is 10.7 Å². The Hall–Kier alpha value is -3.66. The fraction of sp³-hybridized carbons (Fsp3) is 0.308. The number of hydrogen-bond acceptors (Lipinski definition) is 6. The number of aliphatic imine (C=N–C) groups is 1. The van der Waals surface area contributed by atoms with E-state index in [0.29, 0.717) is 37.2 Å². The van der Waals surface area contributed by atoms with E-state index in [0.717, 1.165) is 34.2 Å². The summed E-state index contributed by atoms with van der Waals surface area (Å²) in [6.45, 7) is 3.85. The molecule has 1 aromatic heterocycles. The van der Waals surface area contributed by atoms with Gasteiger partial charge in [0.2, 0.25) is 11.8 Å². The summed E-state index contributed by atoms with van der Waals surface area (Å²) in [5.41, 5.74) is 9.30. The minimum Gasteiger partial charge on any atom is -0.492 e. The number of aromatic nitrogens is 2. The molecule has 3 aliphatic rings. The summed E-state index contributed by atoms with van der Waals surface area (Å²) in [7, 11) is 0. The number of ether oxygens (including phenoxy) is 1. The molecule has 3 aromatic rings. The summed E-state index contributed by atoms with van der Waals surface area (Å²) in [4.78, 5) is 39.3. The van der Waals surface area contributed by atoms with Crippen LogP contribution in [0.5, 0.6) is 5.75 Å². The van der Waals surface area contributed by atoms with Crippen molar-refractivity contribution < 1.29 is 14.3 Å². The molecule has 3 aliphatic heterocycles. The van der Waals surface area contributed by atoms with Crippen LogP contribution in [0, 0.1) is 0 Å². The van der Waals surface area contributed by atoms with Crippen molar-refractivity contribution in [3.63, 3.8) is 0 Å². The Balaban J connectivity index is 1.40. The second-order valence-electron chi connectivity index (χ2n) is 9.16. The van der Waals surface area contributed by atoms with E-state index < -0.39 is 5.91 Å². The smallest absolute Gasteiger partial charge is 0.284 e. The molecule has 36 heavy (non-hydrogen) atoms. The molecular weight excluding hydrogens is 524 g/mol. The number of imidazole rings is 1. The molecule has 0 radical (unpaired) electrons. The van der Waals surface area contributed by atoms with Gasteiger partial charge in [0.1, 0.15) is 5.75 Å². The van der Waals surface area contributed by atoms with Crippen LogP contribution in [0.1, 0.15) is 44.7 Å². The van der Waals surface area contributed by atoms with Gasteiger partial charge in [0.25, 0.3) is 11.8 Å². The van der Waals surface area contributed by atoms with Crippen LogP contribution in [0.3, 0.4) is 0 Å². The molecule has 10 heteroatoms. The van der Waals surface area contributed by atoms with E-state index in [1.54, 1.807) is 9.47 Å². The summed E-state index contributed by atoms with van der Waals surface area (Å²) in [6.07, 6.45) is 1.56. The van der Waals surface area contributed by atoms with Crippen molar-refractivity contribution in [1.29, 1.82) is 0 Å². The molecule has 0 aliphatic carbocycles. The SMILES string of the molecule is CCN1C(=O)c2c(nc(C(N)=O)n2Cc2cc(Br)c3c(c2)CCO3)N2C[C@@H](Cc3ccccc3)N=C12. The van der Waals surface area contributed by atoms with E-state index in [9.17, 15) is 9.59 Å². The van der Waals surface area contributed by atoms with E-state index in [1.165, 1.54) is 5.56 Å². The minimum absolute atomic E-state index is 0.0370. The molecule has 2 N–H and O–H groups in total. The number of guanidine groups is 1. The molecule has 4 heterocycles. The van der Waals surface area contributed by atoms with Gasteiger partial charge in [-0.25, -0.2) is 9.98 Å². The predicted molar refractivity (Wildman–Crippen MR) is 139 cm³/mol. The first-order chi connectivity index (χ1) is 17.4. The van der Waals surface area contributed by atoms with Crippen molar-refractivity contribution in [1.82, 2.24) is 14.5 Å². The first-order valence-corrected chi connectivity index (χ1v) is 12.8. The van der Waals surface area contributed by atoms with Crippen LogP contribution in [0.25, 0.3) is 0 Å². The zero-order chi connectivity index (χ0) is 25.0. The van der Waals surface area contributed by atoms with Gasteiger partial charge in [-0.05, 0) is 52.0 Å². The first-order valence-electron chi connectivity index (χ1n) is 12.0. The highest BCUT2D eigenvalue weighted by Crippen LogP contribution is 2.37. The molecule has 0 saturated carbocycles. The molecule has 9 nitrogen and oxygen atoms in total. The fourth-order valence-electron chi connectivity index (χ4n) is 5.24. The Morgan fingerprint density at radius 3 is 2.78 bits per heavy atom. The summed E-state index contributed by atoms with van der Waals surface area (Å²) in [5, 5.41) is 0. The van der Waals surface area contributed by atoms with E-state index in [1.807, 2.05) is 42.2 Å². The normalized spacial score (nSPS) is 18.0. The number of rotatable bonds is 6. The highest BCUT2D eigenvalue weighted by molar-refractivity contribution is 9.10. The molecule has 0 fully saturated rings. The van der Waals surface area contributed by atoms with Gasteiger partial charge in [-0.2, -0.15) is 0 Å². The van der Waals surface area contributed by atoms with Crippen molar-refractivity contribution in [2.75, 3.05) is 24.6 Å². The van der Waals surface area contributed by atoms with Gasteiger partial charge in [-0.3, -0.25) is 19.4 Å². The van der Waals surface area contributed by atoms with E-state index in [4.69, 9.17) is 15.5 Å². The second-order valence-corrected chi connectivity index (χ2v) is 10.0. The molecule has 1 atom stereocenters. The molecule has 0 saturated heterocycles. The lowest BCUT2D eigenvalue weighted by atomic mass is 10.1. The van der Waals surface area contributed by atoms with Crippen LogP contribution in [-0.2, 0) is 19.4 Å². The second kappa shape index (κ2) is 8.77. The van der Waals surface area contributed by atoms with Crippen LogP contribution in [-0.4, -0.2) is 58.0 Å². The number of anilines is 1. The van der Waals surface area contributed by atoms with Gasteiger partial charge in [-0.1, -0.05) is 36.4 Å². The molecular formula is C26H25BrN6O3. The molecule has 0 bridgehead atoms. The number of primary amides is 1. The van der Waals surface area contributed by atoms with Crippen LogP contribution in [0.2, 0.25) is 0 Å². The number of halogens is 1. The molecule has 2 amide bonds. The molecule has 0 unspecified atom stereocenters. The lowest BCUT2D eigenvalue weighted by molar-refractivity contribution is 0.0836. The Bertz CT molecular complexity index is 1420. The Morgan fingerprint density at radius 1 is 1.22 bits per heavy atom.